The van der Waals surface area contributed by atoms with E-state index < -0.39 is 56.0 Å². The number of carbonyl (C=O) groups is 8. The number of rotatable bonds is 16. The number of hydrogen-bond donors (Lipinski definition) is 6. The van der Waals surface area contributed by atoms with Gasteiger partial charge in [0.25, 0.3) is 26.4 Å². The van der Waals surface area contributed by atoms with Gasteiger partial charge in [-0.2, -0.15) is 0 Å². The average molecular weight is 1630 g/mol. The highest BCUT2D eigenvalue weighted by Crippen LogP contribution is 2.68. The highest BCUT2D eigenvalue weighted by Gasteiger charge is 2.40. The number of ketones is 1. The quantitative estimate of drug-likeness (QED) is 0.0227. The van der Waals surface area contributed by atoms with E-state index in [4.69, 9.17) is 6.11 Å². The summed E-state index contributed by atoms with van der Waals surface area (Å²) in [7, 11) is -1.00. The van der Waals surface area contributed by atoms with Gasteiger partial charge in [-0.1, -0.05) is 78.9 Å². The van der Waals surface area contributed by atoms with Crippen molar-refractivity contribution in [2.45, 2.75) is 115 Å². The van der Waals surface area contributed by atoms with E-state index >= 15 is 0 Å². The predicted octanol–water partition coefficient (Wildman–Crippen LogP) is 15.4. The summed E-state index contributed by atoms with van der Waals surface area (Å²) in [5.41, 5.74) is 6.97. The molecule has 99 heavy (non-hydrogen) atoms. The van der Waals surface area contributed by atoms with Crippen molar-refractivity contribution in [1.29, 1.82) is 0 Å². The van der Waals surface area contributed by atoms with Gasteiger partial charge in [-0.25, -0.2) is 4.79 Å². The first-order valence-corrected chi connectivity index (χ1v) is 39.6. The molecule has 4 atom stereocenters. The lowest BCUT2D eigenvalue weighted by molar-refractivity contribution is -0.385. The third kappa shape index (κ3) is 20.5. The lowest BCUT2D eigenvalue weighted by Gasteiger charge is -2.29. The maximum atomic E-state index is 14.1. The van der Waals surface area contributed by atoms with Crippen LogP contribution >= 0.6 is 65.6 Å². The molecule has 30 heteroatoms. The Morgan fingerprint density at radius 1 is 0.768 bits per heavy atom. The van der Waals surface area contributed by atoms with Crippen molar-refractivity contribution >= 4 is 158 Å². The Bertz CT molecular complexity index is 4410. The molecule has 12 rings (SSSR count). The van der Waals surface area contributed by atoms with Gasteiger partial charge in [0.15, 0.2) is 12.1 Å². The normalized spacial score (nSPS) is 16.0. The van der Waals surface area contributed by atoms with E-state index in [-0.39, 0.29) is 65.6 Å². The van der Waals surface area contributed by atoms with Crippen LogP contribution in [0.2, 0.25) is 0 Å². The predicted molar refractivity (Wildman–Crippen MR) is 389 cm³/mol. The van der Waals surface area contributed by atoms with Crippen LogP contribution in [0.25, 0.3) is 33.1 Å². The van der Waals surface area contributed by atoms with Gasteiger partial charge in [0, 0.05) is 129 Å². The SMILES string of the molecule is C[C@@H](C(=O)N1CCC[C@H]1C(=O)Cc1ccc2[nH]c(-c3ccc(NC(=O)[C@@H]4CCCN4C(=O)[C@H](NC(=O)OC(C)(C)C)c4ccccc4)cc3)c(C(=O)NC3CC3)c2c1)c1ccccc1.O=C1Cc2cc([N+](=O)[O-])ccc2N1.O=Cc1c(Br)[nH]c2ccc([N+](=O)[O-])cc12.O=P(Br)(Br)Br.[2H]CF. The number of nitro benzene ring substituents is 2. The molecule has 8 aromatic rings. The first-order chi connectivity index (χ1) is 47.4. The number of alkyl halides is 1. The molecule has 1 aliphatic carbocycles. The number of carbonyl (C=O) groups excluding carboxylic acids is 8. The number of non-ortho nitro benzene ring substituents is 2. The number of likely N-dealkylation sites (tertiary alicyclic amines) is 2. The molecule has 1 saturated carbocycles. The van der Waals surface area contributed by atoms with Crippen molar-refractivity contribution in [2.24, 2.45) is 0 Å². The van der Waals surface area contributed by atoms with Crippen molar-refractivity contribution in [3.63, 3.8) is 0 Å². The van der Waals surface area contributed by atoms with Gasteiger partial charge in [0.05, 0.1) is 58.2 Å². The smallest absolute Gasteiger partial charge is 0.408 e. The molecule has 0 unspecified atom stereocenters. The Balaban J connectivity index is 0.000000283. The number of nitrogens with zero attached hydrogens (tertiary/aromatic N) is 4. The van der Waals surface area contributed by atoms with Crippen molar-refractivity contribution in [1.82, 2.24) is 30.4 Å². The average Bonchev–Trinajstić information content (AvgIpc) is 1.61. The number of nitrogens with one attached hydrogen (secondary N) is 6. The lowest BCUT2D eigenvalue weighted by atomic mass is 9.97. The van der Waals surface area contributed by atoms with Crippen molar-refractivity contribution in [3.05, 3.63) is 198 Å². The number of aromatic amines is 2. The third-order valence-corrected chi connectivity index (χ3v) is 16.9. The summed E-state index contributed by atoms with van der Waals surface area (Å²) in [5.74, 6) is -1.52. The zero-order chi connectivity index (χ0) is 72.8. The highest BCUT2D eigenvalue weighted by molar-refractivity contribution is 9.94. The molecule has 6 amide bonds. The van der Waals surface area contributed by atoms with Gasteiger partial charge in [0.1, 0.15) is 17.7 Å². The molecular formula is C69H70Br4FN10O14P. The number of amides is 6. The number of aromatic nitrogens is 2. The number of nitro groups is 2. The number of aldehydes is 1. The number of halogens is 5. The summed E-state index contributed by atoms with van der Waals surface area (Å²) in [6.07, 6.45) is 4.56. The number of hydrogen-bond acceptors (Lipinski definition) is 14. The Hall–Kier alpha value is -8.76. The van der Waals surface area contributed by atoms with Crippen LogP contribution in [0.15, 0.2) is 144 Å². The largest absolute Gasteiger partial charge is 0.444 e. The minimum atomic E-state index is -2.20. The summed E-state index contributed by atoms with van der Waals surface area (Å²) < 4.78 is 29.3. The lowest BCUT2D eigenvalue weighted by Crippen LogP contribution is -2.49. The Morgan fingerprint density at radius 3 is 1.93 bits per heavy atom. The third-order valence-electron chi connectivity index (χ3n) is 16.3. The van der Waals surface area contributed by atoms with Crippen LogP contribution in [0.3, 0.4) is 0 Å². The van der Waals surface area contributed by atoms with Gasteiger partial charge in [-0.3, -0.25) is 62.7 Å². The first kappa shape index (κ1) is 74.5. The van der Waals surface area contributed by atoms with Gasteiger partial charge in [-0.15, -0.1) is 0 Å². The molecule has 520 valence electrons. The van der Waals surface area contributed by atoms with Gasteiger partial charge < -0.3 is 45.8 Å². The second-order valence-corrected chi connectivity index (χ2v) is 43.5. The summed E-state index contributed by atoms with van der Waals surface area (Å²) >= 11 is 11.5. The molecule has 2 aromatic heterocycles. The van der Waals surface area contributed by atoms with E-state index in [1.165, 1.54) is 29.2 Å². The number of ether oxygens (including phenoxy) is 1. The van der Waals surface area contributed by atoms with E-state index in [1.807, 2.05) is 73.7 Å². The number of anilines is 2. The van der Waals surface area contributed by atoms with E-state index in [9.17, 15) is 67.5 Å². The van der Waals surface area contributed by atoms with Crippen LogP contribution in [0.5, 0.6) is 0 Å². The fraction of sp³-hybridized carbons (Fsp3) is 0.304. The second kappa shape index (κ2) is 33.9. The number of fused-ring (bicyclic) bond motifs is 3. The molecule has 4 aliphatic rings. The van der Waals surface area contributed by atoms with Crippen LogP contribution in [-0.2, 0) is 46.1 Å². The van der Waals surface area contributed by atoms with Crippen molar-refractivity contribution < 1.29 is 63.3 Å². The van der Waals surface area contributed by atoms with Crippen LogP contribution < -0.4 is 21.3 Å². The fourth-order valence-electron chi connectivity index (χ4n) is 11.6. The molecule has 5 heterocycles. The summed E-state index contributed by atoms with van der Waals surface area (Å²) in [6.45, 7) is 8.02. The molecule has 24 nitrogen and oxygen atoms in total. The van der Waals surface area contributed by atoms with Crippen LogP contribution in [0.4, 0.5) is 31.9 Å². The number of Topliss-reactive ketones (excluding diaryl/α,β-unsaturated/α-hetero) is 1. The van der Waals surface area contributed by atoms with Crippen LogP contribution in [-0.4, -0.2) is 121 Å². The van der Waals surface area contributed by atoms with E-state index in [0.29, 0.717) is 98.9 Å². The number of H-pyrrole nitrogens is 2. The summed E-state index contributed by atoms with van der Waals surface area (Å²) in [6, 6.07) is 37.9. The zero-order valence-electron chi connectivity index (χ0n) is 54.9. The van der Waals surface area contributed by atoms with E-state index in [1.54, 1.807) is 74.2 Å². The molecule has 2 saturated heterocycles. The van der Waals surface area contributed by atoms with Gasteiger partial charge >= 0.3 is 6.09 Å². The van der Waals surface area contributed by atoms with Gasteiger partial charge in [-0.05, 0) is 146 Å². The Labute approximate surface area is 602 Å². The second-order valence-electron chi connectivity index (χ2n) is 24.4. The zero-order valence-corrected chi connectivity index (χ0v) is 61.1. The van der Waals surface area contributed by atoms with Crippen LogP contribution in [0, 0.1) is 20.2 Å². The molecule has 0 spiro atoms. The van der Waals surface area contributed by atoms with Crippen molar-refractivity contribution in [2.75, 3.05) is 30.9 Å². The van der Waals surface area contributed by atoms with Crippen molar-refractivity contribution in [3.8, 4) is 11.3 Å². The number of alkyl carbamates (subject to hydrolysis) is 1. The van der Waals surface area contributed by atoms with E-state index in [2.05, 4.69) is 93.6 Å². The summed E-state index contributed by atoms with van der Waals surface area (Å²) in [4.78, 5) is 133. The Kier molecular flexibility index (Phi) is 25.5. The van der Waals surface area contributed by atoms with E-state index in [0.717, 1.165) is 41.5 Å². The molecule has 0 bridgehead atoms. The molecule has 3 fully saturated rings. The topological polar surface area (TPSA) is 335 Å². The molecular weight excluding hydrogens is 1560 g/mol. The minimum absolute atomic E-state index is 0.0234. The maximum Gasteiger partial charge on any atom is 0.408 e. The molecule has 6 N–H and O–H groups in total. The molecule has 3 aliphatic heterocycles. The highest BCUT2D eigenvalue weighted by atomic mass is 80.0. The molecule has 0 radical (unpaired) electrons. The monoisotopic (exact) mass is 1630 g/mol. The minimum Gasteiger partial charge on any atom is -0.444 e. The maximum absolute atomic E-state index is 14.1. The Morgan fingerprint density at radius 2 is 1.33 bits per heavy atom. The number of benzene rings is 6. The fourth-order valence-corrected chi connectivity index (χ4v) is 12.1. The van der Waals surface area contributed by atoms with Gasteiger partial charge in [0.2, 0.25) is 17.7 Å². The van der Waals surface area contributed by atoms with Crippen LogP contribution in [0.1, 0.15) is 123 Å². The standard InChI is InChI=1S/C51H56N6O7.C9H5BrN2O3.C8H6N2O3.CH3F.Br3OP/c1-31(33-13-7-5-8-14-33)48(61)56-27-11-17-40(56)42(58)30-32-19-26-39-38(29-32)43(47(60)53-37-24-25-37)44(54-39)35-20-22-36(23-21-35)52-46(59)41-18-12-28-57(41)49(62)45(34-15-9-6-10-16-34)55-50(63)64-51(2,3)4;10-9-7(4-13)6-3-5(12(14)15)1-2-8(6)11-9;11-8-4-5-3-6(10(12)13)1-2-7(5)9-8;1-2;1-5(2,3)4/h5-10,13-16,19-23,26,29,31,37,40-41,45,54H,11-12,17-18,24-25,27-28,30H2,1-4H3,(H,52,59)(H,53,60)(H,55,63);1-4,11H;1-3H,4H2,(H,9,11);1H3;/t31-,40+,41+,45-;;;;/m1..../s1/i;;;1D;. The summed E-state index contributed by atoms with van der Waals surface area (Å²) in [5, 5.41) is 33.6. The molecule has 6 aromatic carbocycles. The first-order valence-electron chi connectivity index (χ1n) is 31.8.